The molecule has 0 bridgehead atoms. The second kappa shape index (κ2) is 9.96. The van der Waals surface area contributed by atoms with E-state index in [1.807, 2.05) is 48.5 Å². The van der Waals surface area contributed by atoms with Gasteiger partial charge in [-0.15, -0.1) is 0 Å². The Bertz CT molecular complexity index is 810. The SMILES string of the molecule is COc1ccc(CC(=O)NCC(=O)Nc2ccc(N3CCC(C)CC3)cc2)cc1. The molecular formula is C23H29N3O3. The fourth-order valence-corrected chi connectivity index (χ4v) is 3.40. The highest BCUT2D eigenvalue weighted by Gasteiger charge is 2.16. The Morgan fingerprint density at radius 1 is 1.00 bits per heavy atom. The van der Waals surface area contributed by atoms with Gasteiger partial charge in [0.2, 0.25) is 11.8 Å². The minimum absolute atomic E-state index is 0.0548. The monoisotopic (exact) mass is 395 g/mol. The van der Waals surface area contributed by atoms with Gasteiger partial charge in [-0.1, -0.05) is 19.1 Å². The molecule has 0 atom stereocenters. The molecule has 1 aliphatic heterocycles. The maximum Gasteiger partial charge on any atom is 0.243 e. The first-order chi connectivity index (χ1) is 14.0. The second-order valence-corrected chi connectivity index (χ2v) is 7.57. The molecule has 154 valence electrons. The summed E-state index contributed by atoms with van der Waals surface area (Å²) in [4.78, 5) is 26.5. The normalized spacial score (nSPS) is 14.3. The topological polar surface area (TPSA) is 70.7 Å². The highest BCUT2D eigenvalue weighted by molar-refractivity contribution is 5.94. The Morgan fingerprint density at radius 3 is 2.28 bits per heavy atom. The average molecular weight is 396 g/mol. The number of benzene rings is 2. The minimum atomic E-state index is -0.243. The quantitative estimate of drug-likeness (QED) is 0.755. The Balaban J connectivity index is 1.42. The van der Waals surface area contributed by atoms with Gasteiger partial charge in [-0.3, -0.25) is 9.59 Å². The Hall–Kier alpha value is -3.02. The van der Waals surface area contributed by atoms with Crippen LogP contribution in [0.15, 0.2) is 48.5 Å². The lowest BCUT2D eigenvalue weighted by Gasteiger charge is -2.32. The van der Waals surface area contributed by atoms with E-state index in [1.165, 1.54) is 18.5 Å². The summed E-state index contributed by atoms with van der Waals surface area (Å²) in [5.74, 6) is 1.10. The van der Waals surface area contributed by atoms with E-state index in [1.54, 1.807) is 7.11 Å². The molecule has 0 unspecified atom stereocenters. The fraction of sp³-hybridized carbons (Fsp3) is 0.391. The number of amides is 2. The van der Waals surface area contributed by atoms with E-state index in [2.05, 4.69) is 22.5 Å². The van der Waals surface area contributed by atoms with Crippen molar-refractivity contribution >= 4 is 23.2 Å². The van der Waals surface area contributed by atoms with Crippen molar-refractivity contribution in [2.75, 3.05) is 37.0 Å². The number of rotatable bonds is 7. The molecule has 3 rings (SSSR count). The third-order valence-electron chi connectivity index (χ3n) is 5.27. The van der Waals surface area contributed by atoms with Crippen molar-refractivity contribution in [1.29, 1.82) is 0 Å². The van der Waals surface area contributed by atoms with Gasteiger partial charge in [0.15, 0.2) is 0 Å². The first kappa shape index (κ1) is 20.7. The van der Waals surface area contributed by atoms with Gasteiger partial charge in [0.25, 0.3) is 0 Å². The van der Waals surface area contributed by atoms with Crippen LogP contribution in [0.3, 0.4) is 0 Å². The van der Waals surface area contributed by atoms with E-state index >= 15 is 0 Å². The van der Waals surface area contributed by atoms with Gasteiger partial charge in [-0.2, -0.15) is 0 Å². The van der Waals surface area contributed by atoms with Crippen LogP contribution in [0.2, 0.25) is 0 Å². The summed E-state index contributed by atoms with van der Waals surface area (Å²) in [5, 5.41) is 5.48. The zero-order valence-electron chi connectivity index (χ0n) is 17.1. The minimum Gasteiger partial charge on any atom is -0.497 e. The predicted molar refractivity (Wildman–Crippen MR) is 115 cm³/mol. The molecule has 0 spiro atoms. The number of hydrogen-bond donors (Lipinski definition) is 2. The second-order valence-electron chi connectivity index (χ2n) is 7.57. The number of methoxy groups -OCH3 is 1. The largest absolute Gasteiger partial charge is 0.497 e. The van der Waals surface area contributed by atoms with Crippen LogP contribution in [-0.4, -0.2) is 38.6 Å². The predicted octanol–water partition coefficient (Wildman–Crippen LogP) is 3.23. The Morgan fingerprint density at radius 2 is 1.66 bits per heavy atom. The van der Waals surface area contributed by atoms with Gasteiger partial charge >= 0.3 is 0 Å². The van der Waals surface area contributed by atoms with Gasteiger partial charge in [0, 0.05) is 24.5 Å². The molecule has 1 heterocycles. The maximum atomic E-state index is 12.1. The third kappa shape index (κ3) is 6.24. The van der Waals surface area contributed by atoms with Crippen molar-refractivity contribution < 1.29 is 14.3 Å². The molecule has 2 N–H and O–H groups in total. The number of carbonyl (C=O) groups excluding carboxylic acids is 2. The molecular weight excluding hydrogens is 366 g/mol. The lowest BCUT2D eigenvalue weighted by atomic mass is 9.99. The van der Waals surface area contributed by atoms with Crippen molar-refractivity contribution in [2.45, 2.75) is 26.2 Å². The molecule has 1 aliphatic rings. The lowest BCUT2D eigenvalue weighted by molar-refractivity contribution is -0.123. The molecule has 1 saturated heterocycles. The van der Waals surface area contributed by atoms with Crippen molar-refractivity contribution in [3.8, 4) is 5.75 Å². The Kier molecular flexibility index (Phi) is 7.11. The fourth-order valence-electron chi connectivity index (χ4n) is 3.40. The highest BCUT2D eigenvalue weighted by atomic mass is 16.5. The molecule has 0 aromatic heterocycles. The maximum absolute atomic E-state index is 12.1. The number of nitrogens with one attached hydrogen (secondary N) is 2. The van der Waals surface area contributed by atoms with E-state index in [0.717, 1.165) is 36.0 Å². The first-order valence-electron chi connectivity index (χ1n) is 10.1. The van der Waals surface area contributed by atoms with Crippen molar-refractivity contribution in [3.05, 3.63) is 54.1 Å². The highest BCUT2D eigenvalue weighted by Crippen LogP contribution is 2.24. The van der Waals surface area contributed by atoms with Crippen LogP contribution < -0.4 is 20.3 Å². The molecule has 2 amide bonds. The number of piperidine rings is 1. The molecule has 0 aliphatic carbocycles. The molecule has 1 fully saturated rings. The number of nitrogens with zero attached hydrogens (tertiary/aromatic N) is 1. The van der Waals surface area contributed by atoms with Crippen LogP contribution in [0.25, 0.3) is 0 Å². The molecule has 29 heavy (non-hydrogen) atoms. The van der Waals surface area contributed by atoms with Gasteiger partial charge in [-0.25, -0.2) is 0 Å². The van der Waals surface area contributed by atoms with Crippen LogP contribution in [0.1, 0.15) is 25.3 Å². The first-order valence-corrected chi connectivity index (χ1v) is 10.1. The van der Waals surface area contributed by atoms with E-state index < -0.39 is 0 Å². The Labute approximate surface area is 172 Å². The van der Waals surface area contributed by atoms with Gasteiger partial charge in [0.05, 0.1) is 20.1 Å². The molecule has 0 saturated carbocycles. The number of anilines is 2. The summed E-state index contributed by atoms with van der Waals surface area (Å²) in [6.07, 6.45) is 2.66. The zero-order chi connectivity index (χ0) is 20.6. The molecule has 2 aromatic rings. The summed E-state index contributed by atoms with van der Waals surface area (Å²) >= 11 is 0. The summed E-state index contributed by atoms with van der Waals surface area (Å²) in [5.41, 5.74) is 2.78. The van der Waals surface area contributed by atoms with Gasteiger partial charge < -0.3 is 20.3 Å². The van der Waals surface area contributed by atoms with Gasteiger partial charge in [0.1, 0.15) is 5.75 Å². The molecule has 0 radical (unpaired) electrons. The number of hydrogen-bond acceptors (Lipinski definition) is 4. The summed E-state index contributed by atoms with van der Waals surface area (Å²) in [7, 11) is 1.60. The van der Waals surface area contributed by atoms with Crippen LogP contribution >= 0.6 is 0 Å². The van der Waals surface area contributed by atoms with Gasteiger partial charge in [-0.05, 0) is 60.7 Å². The lowest BCUT2D eigenvalue weighted by Crippen LogP contribution is -2.34. The average Bonchev–Trinajstić information content (AvgIpc) is 2.74. The van der Waals surface area contributed by atoms with Crippen molar-refractivity contribution in [2.24, 2.45) is 5.92 Å². The summed E-state index contributed by atoms with van der Waals surface area (Å²) in [6, 6.07) is 15.2. The molecule has 2 aromatic carbocycles. The summed E-state index contributed by atoms with van der Waals surface area (Å²) in [6.45, 7) is 4.40. The molecule has 6 nitrogen and oxygen atoms in total. The number of carbonyl (C=O) groups is 2. The van der Waals surface area contributed by atoms with Crippen LogP contribution in [-0.2, 0) is 16.0 Å². The van der Waals surface area contributed by atoms with E-state index in [0.29, 0.717) is 0 Å². The smallest absolute Gasteiger partial charge is 0.243 e. The van der Waals surface area contributed by atoms with Crippen LogP contribution in [0.4, 0.5) is 11.4 Å². The number of ether oxygens (including phenoxy) is 1. The third-order valence-corrected chi connectivity index (χ3v) is 5.27. The summed E-state index contributed by atoms with van der Waals surface area (Å²) < 4.78 is 5.10. The van der Waals surface area contributed by atoms with Crippen LogP contribution in [0.5, 0.6) is 5.75 Å². The van der Waals surface area contributed by atoms with Crippen molar-refractivity contribution in [3.63, 3.8) is 0 Å². The zero-order valence-corrected chi connectivity index (χ0v) is 17.1. The van der Waals surface area contributed by atoms with Crippen molar-refractivity contribution in [1.82, 2.24) is 5.32 Å². The van der Waals surface area contributed by atoms with Crippen LogP contribution in [0, 0.1) is 5.92 Å². The standard InChI is InChI=1S/C23H29N3O3/c1-17-11-13-26(14-12-17)20-7-5-19(6-8-20)25-23(28)16-24-22(27)15-18-3-9-21(29-2)10-4-18/h3-10,17H,11-16H2,1-2H3,(H,24,27)(H,25,28). The van der Waals surface area contributed by atoms with E-state index in [4.69, 9.17) is 4.74 Å². The molecule has 6 heteroatoms. The van der Waals surface area contributed by atoms with E-state index in [-0.39, 0.29) is 24.8 Å². The van der Waals surface area contributed by atoms with E-state index in [9.17, 15) is 9.59 Å².